The van der Waals surface area contributed by atoms with Crippen LogP contribution in [0.1, 0.15) is 20.3 Å². The summed E-state index contributed by atoms with van der Waals surface area (Å²) in [6, 6.07) is 11.9. The standard InChI is InChI=1S/C15H18N2OS/c1-15(2,16)10-14(18)17-12-7-4-3-6-11(12)13-8-5-9-19-13/h3-9H,10,16H2,1-2H3,(H,17,18). The number of hydrogen-bond acceptors (Lipinski definition) is 3. The number of para-hydroxylation sites is 1. The summed E-state index contributed by atoms with van der Waals surface area (Å²) >= 11 is 1.65. The molecule has 0 saturated carbocycles. The topological polar surface area (TPSA) is 55.1 Å². The first-order valence-electron chi connectivity index (χ1n) is 6.17. The molecule has 0 aliphatic carbocycles. The molecule has 19 heavy (non-hydrogen) atoms. The van der Waals surface area contributed by atoms with Crippen molar-refractivity contribution in [3.05, 3.63) is 41.8 Å². The van der Waals surface area contributed by atoms with Gasteiger partial charge in [-0.25, -0.2) is 0 Å². The van der Waals surface area contributed by atoms with Gasteiger partial charge in [0, 0.05) is 28.1 Å². The van der Waals surface area contributed by atoms with Crippen LogP contribution >= 0.6 is 11.3 Å². The van der Waals surface area contributed by atoms with E-state index in [1.807, 2.05) is 55.6 Å². The van der Waals surface area contributed by atoms with Crippen LogP contribution in [0.4, 0.5) is 5.69 Å². The van der Waals surface area contributed by atoms with Crippen LogP contribution in [0, 0.1) is 0 Å². The van der Waals surface area contributed by atoms with Gasteiger partial charge in [0.15, 0.2) is 0 Å². The summed E-state index contributed by atoms with van der Waals surface area (Å²) in [7, 11) is 0. The maximum Gasteiger partial charge on any atom is 0.226 e. The molecule has 100 valence electrons. The molecular weight excluding hydrogens is 256 g/mol. The zero-order chi connectivity index (χ0) is 13.9. The highest BCUT2D eigenvalue weighted by atomic mass is 32.1. The van der Waals surface area contributed by atoms with Crippen molar-refractivity contribution in [2.24, 2.45) is 5.73 Å². The quantitative estimate of drug-likeness (QED) is 0.896. The van der Waals surface area contributed by atoms with E-state index in [9.17, 15) is 4.79 Å². The summed E-state index contributed by atoms with van der Waals surface area (Å²) in [5, 5.41) is 4.97. The summed E-state index contributed by atoms with van der Waals surface area (Å²) in [6.45, 7) is 3.69. The fourth-order valence-electron chi connectivity index (χ4n) is 1.85. The number of thiophene rings is 1. The average Bonchev–Trinajstić information content (AvgIpc) is 2.80. The third-order valence-corrected chi connectivity index (χ3v) is 3.51. The summed E-state index contributed by atoms with van der Waals surface area (Å²) in [6.07, 6.45) is 0.297. The first-order valence-corrected chi connectivity index (χ1v) is 7.05. The SMILES string of the molecule is CC(C)(N)CC(=O)Nc1ccccc1-c1cccs1. The van der Waals surface area contributed by atoms with Gasteiger partial charge in [0.2, 0.25) is 5.91 Å². The minimum absolute atomic E-state index is 0.0588. The van der Waals surface area contributed by atoms with E-state index in [0.717, 1.165) is 16.1 Å². The van der Waals surface area contributed by atoms with Crippen molar-refractivity contribution in [3.63, 3.8) is 0 Å². The highest BCUT2D eigenvalue weighted by Crippen LogP contribution is 2.31. The third kappa shape index (κ3) is 3.91. The lowest BCUT2D eigenvalue weighted by Crippen LogP contribution is -2.36. The molecule has 0 unspecified atom stereocenters. The number of nitrogens with two attached hydrogens (primary N) is 1. The molecule has 0 aliphatic heterocycles. The van der Waals surface area contributed by atoms with Crippen LogP contribution in [0.5, 0.6) is 0 Å². The van der Waals surface area contributed by atoms with Gasteiger partial charge < -0.3 is 11.1 Å². The number of hydrogen-bond donors (Lipinski definition) is 2. The summed E-state index contributed by atoms with van der Waals surface area (Å²) in [5.74, 6) is -0.0588. The summed E-state index contributed by atoms with van der Waals surface area (Å²) < 4.78 is 0. The zero-order valence-corrected chi connectivity index (χ0v) is 12.0. The largest absolute Gasteiger partial charge is 0.325 e. The van der Waals surface area contributed by atoms with Crippen molar-refractivity contribution in [2.45, 2.75) is 25.8 Å². The first-order chi connectivity index (χ1) is 8.96. The predicted octanol–water partition coefficient (Wildman–Crippen LogP) is 3.48. The maximum atomic E-state index is 12.0. The van der Waals surface area contributed by atoms with Crippen LogP contribution in [-0.4, -0.2) is 11.4 Å². The van der Waals surface area contributed by atoms with Crippen molar-refractivity contribution < 1.29 is 4.79 Å². The monoisotopic (exact) mass is 274 g/mol. The second-order valence-electron chi connectivity index (χ2n) is 5.24. The Labute approximate surface area is 117 Å². The lowest BCUT2D eigenvalue weighted by Gasteiger charge is -2.18. The minimum atomic E-state index is -0.498. The zero-order valence-electron chi connectivity index (χ0n) is 11.1. The van der Waals surface area contributed by atoms with E-state index in [2.05, 4.69) is 5.32 Å². The number of amides is 1. The maximum absolute atomic E-state index is 12.0. The summed E-state index contributed by atoms with van der Waals surface area (Å²) in [4.78, 5) is 13.1. The number of anilines is 1. The molecule has 1 aromatic heterocycles. The molecule has 0 fully saturated rings. The molecule has 0 saturated heterocycles. The average molecular weight is 274 g/mol. The Morgan fingerprint density at radius 3 is 2.63 bits per heavy atom. The number of rotatable bonds is 4. The number of carbonyl (C=O) groups excluding carboxylic acids is 1. The van der Waals surface area contributed by atoms with Crippen molar-refractivity contribution in [1.29, 1.82) is 0 Å². The Hall–Kier alpha value is -1.65. The number of nitrogens with one attached hydrogen (secondary N) is 1. The van der Waals surface area contributed by atoms with Crippen molar-refractivity contribution >= 4 is 22.9 Å². The van der Waals surface area contributed by atoms with Crippen molar-refractivity contribution in [2.75, 3.05) is 5.32 Å². The molecule has 1 heterocycles. The van der Waals surface area contributed by atoms with Gasteiger partial charge in [-0.05, 0) is 31.4 Å². The molecule has 0 spiro atoms. The van der Waals surface area contributed by atoms with E-state index < -0.39 is 5.54 Å². The Morgan fingerprint density at radius 1 is 1.26 bits per heavy atom. The van der Waals surface area contributed by atoms with Crippen LogP contribution in [-0.2, 0) is 4.79 Å². The number of benzene rings is 1. The third-order valence-electron chi connectivity index (χ3n) is 2.60. The van der Waals surface area contributed by atoms with Gasteiger partial charge in [-0.2, -0.15) is 0 Å². The molecule has 1 amide bonds. The Morgan fingerprint density at radius 2 is 2.00 bits per heavy atom. The molecule has 3 N–H and O–H groups in total. The van der Waals surface area contributed by atoms with Gasteiger partial charge in [-0.3, -0.25) is 4.79 Å². The second kappa shape index (κ2) is 5.55. The van der Waals surface area contributed by atoms with E-state index in [4.69, 9.17) is 5.73 Å². The molecule has 2 rings (SSSR count). The molecule has 0 bridgehead atoms. The van der Waals surface area contributed by atoms with E-state index in [1.54, 1.807) is 11.3 Å². The molecule has 0 aliphatic rings. The van der Waals surface area contributed by atoms with Crippen molar-refractivity contribution in [3.8, 4) is 10.4 Å². The van der Waals surface area contributed by atoms with Crippen LogP contribution in [0.3, 0.4) is 0 Å². The van der Waals surface area contributed by atoms with Gasteiger partial charge in [-0.15, -0.1) is 11.3 Å². The summed E-state index contributed by atoms with van der Waals surface area (Å²) in [5.41, 5.74) is 7.24. The molecule has 1 aromatic carbocycles. The normalized spacial score (nSPS) is 11.3. The van der Waals surface area contributed by atoms with Gasteiger partial charge >= 0.3 is 0 Å². The molecule has 0 radical (unpaired) electrons. The van der Waals surface area contributed by atoms with E-state index in [1.165, 1.54) is 0 Å². The first kappa shape index (κ1) is 13.8. The van der Waals surface area contributed by atoms with Crippen molar-refractivity contribution in [1.82, 2.24) is 0 Å². The van der Waals surface area contributed by atoms with E-state index in [0.29, 0.717) is 6.42 Å². The minimum Gasteiger partial charge on any atom is -0.325 e. The lowest BCUT2D eigenvalue weighted by molar-refractivity contribution is -0.117. The molecular formula is C15H18N2OS. The van der Waals surface area contributed by atoms with Gasteiger partial charge in [-0.1, -0.05) is 24.3 Å². The van der Waals surface area contributed by atoms with E-state index >= 15 is 0 Å². The highest BCUT2D eigenvalue weighted by molar-refractivity contribution is 7.13. The van der Waals surface area contributed by atoms with E-state index in [-0.39, 0.29) is 5.91 Å². The molecule has 3 nitrogen and oxygen atoms in total. The highest BCUT2D eigenvalue weighted by Gasteiger charge is 2.17. The lowest BCUT2D eigenvalue weighted by atomic mass is 10.0. The van der Waals surface area contributed by atoms with Crippen LogP contribution < -0.4 is 11.1 Å². The number of carbonyl (C=O) groups is 1. The molecule has 2 aromatic rings. The van der Waals surface area contributed by atoms with Gasteiger partial charge in [0.25, 0.3) is 0 Å². The Bertz CT molecular complexity index is 556. The fraction of sp³-hybridized carbons (Fsp3) is 0.267. The van der Waals surface area contributed by atoms with Crippen LogP contribution in [0.15, 0.2) is 41.8 Å². The van der Waals surface area contributed by atoms with Crippen LogP contribution in [0.2, 0.25) is 0 Å². The molecule has 4 heteroatoms. The Balaban J connectivity index is 2.20. The predicted molar refractivity (Wildman–Crippen MR) is 81.3 cm³/mol. The van der Waals surface area contributed by atoms with Crippen LogP contribution in [0.25, 0.3) is 10.4 Å². The van der Waals surface area contributed by atoms with Gasteiger partial charge in [0.05, 0.1) is 0 Å². The molecule has 0 atom stereocenters. The Kier molecular flexibility index (Phi) is 4.02. The smallest absolute Gasteiger partial charge is 0.226 e. The fourth-order valence-corrected chi connectivity index (χ4v) is 2.61. The second-order valence-corrected chi connectivity index (χ2v) is 6.18. The van der Waals surface area contributed by atoms with Gasteiger partial charge in [0.1, 0.15) is 0 Å².